The summed E-state index contributed by atoms with van der Waals surface area (Å²) in [6, 6.07) is -0.0441. The predicted molar refractivity (Wildman–Crippen MR) is 86.6 cm³/mol. The fourth-order valence-electron chi connectivity index (χ4n) is 3.11. The van der Waals surface area contributed by atoms with Crippen LogP contribution in [0.1, 0.15) is 58.2 Å². The second-order valence-corrected chi connectivity index (χ2v) is 7.08. The Hall–Kier alpha value is -0.390. The van der Waals surface area contributed by atoms with Crippen LogP contribution in [0.4, 0.5) is 0 Å². The number of aryl methyl sites for hydroxylation is 1. The Balaban J connectivity index is 2.24. The molecule has 0 aromatic carbocycles. The van der Waals surface area contributed by atoms with Gasteiger partial charge in [0, 0.05) is 12.1 Å². The normalized spacial score (nSPS) is 19.9. The van der Waals surface area contributed by atoms with Crippen LogP contribution in [0.25, 0.3) is 0 Å². The van der Waals surface area contributed by atoms with Crippen LogP contribution in [0.5, 0.6) is 0 Å². The van der Waals surface area contributed by atoms with Crippen LogP contribution < -0.4 is 5.73 Å². The van der Waals surface area contributed by atoms with Crippen molar-refractivity contribution in [3.05, 3.63) is 16.4 Å². The Bertz CT molecular complexity index is 433. The van der Waals surface area contributed by atoms with Crippen LogP contribution >= 0.6 is 15.9 Å². The molecule has 1 aliphatic rings. The number of aromatic nitrogens is 2. The maximum atomic E-state index is 6.64. The zero-order chi connectivity index (χ0) is 14.8. The van der Waals surface area contributed by atoms with Gasteiger partial charge >= 0.3 is 0 Å². The van der Waals surface area contributed by atoms with Crippen molar-refractivity contribution < 1.29 is 0 Å². The van der Waals surface area contributed by atoms with Crippen molar-refractivity contribution in [1.82, 2.24) is 14.7 Å². The summed E-state index contributed by atoms with van der Waals surface area (Å²) in [6.45, 7) is 9.79. The average molecular weight is 343 g/mol. The van der Waals surface area contributed by atoms with Gasteiger partial charge in [-0.3, -0.25) is 9.58 Å². The Labute approximate surface area is 130 Å². The lowest BCUT2D eigenvalue weighted by Crippen LogP contribution is -2.52. The summed E-state index contributed by atoms with van der Waals surface area (Å²) in [5.74, 6) is 0. The van der Waals surface area contributed by atoms with E-state index in [1.165, 1.54) is 25.7 Å². The molecule has 5 heteroatoms. The van der Waals surface area contributed by atoms with E-state index in [4.69, 9.17) is 5.73 Å². The highest BCUT2D eigenvalue weighted by Crippen LogP contribution is 2.34. The second-order valence-electron chi connectivity index (χ2n) is 6.23. The fourth-order valence-corrected chi connectivity index (χ4v) is 3.65. The molecule has 20 heavy (non-hydrogen) atoms. The Kier molecular flexibility index (Phi) is 5.26. The second kappa shape index (κ2) is 6.58. The van der Waals surface area contributed by atoms with E-state index in [9.17, 15) is 0 Å². The van der Waals surface area contributed by atoms with E-state index in [0.717, 1.165) is 29.8 Å². The first-order chi connectivity index (χ1) is 9.48. The van der Waals surface area contributed by atoms with Crippen LogP contribution in [-0.4, -0.2) is 33.3 Å². The highest BCUT2D eigenvalue weighted by atomic mass is 79.9. The number of nitrogens with zero attached hydrogens (tertiary/aromatic N) is 3. The molecule has 1 aromatic heterocycles. The van der Waals surface area contributed by atoms with Gasteiger partial charge in [0.25, 0.3) is 0 Å². The van der Waals surface area contributed by atoms with Crippen molar-refractivity contribution >= 4 is 15.9 Å². The summed E-state index contributed by atoms with van der Waals surface area (Å²) < 4.78 is 3.03. The zero-order valence-electron chi connectivity index (χ0n) is 12.9. The van der Waals surface area contributed by atoms with Gasteiger partial charge in [-0.25, -0.2) is 0 Å². The van der Waals surface area contributed by atoms with Crippen molar-refractivity contribution in [2.45, 2.75) is 64.6 Å². The molecule has 1 aromatic rings. The molecular formula is C15H27BrN4. The summed E-state index contributed by atoms with van der Waals surface area (Å²) in [5, 5.41) is 4.40. The van der Waals surface area contributed by atoms with E-state index in [1.807, 2.05) is 10.9 Å². The number of halogens is 1. The van der Waals surface area contributed by atoms with Gasteiger partial charge in [0.05, 0.1) is 22.4 Å². The third-order valence-corrected chi connectivity index (χ3v) is 5.22. The zero-order valence-corrected chi connectivity index (χ0v) is 14.5. The summed E-state index contributed by atoms with van der Waals surface area (Å²) in [6.07, 6.45) is 7.11. The lowest BCUT2D eigenvalue weighted by Gasteiger charge is -2.42. The van der Waals surface area contributed by atoms with Gasteiger partial charge in [0.15, 0.2) is 0 Å². The molecule has 0 aliphatic carbocycles. The summed E-state index contributed by atoms with van der Waals surface area (Å²) in [4.78, 5) is 2.56. The van der Waals surface area contributed by atoms with Crippen LogP contribution in [0.2, 0.25) is 0 Å². The van der Waals surface area contributed by atoms with Gasteiger partial charge in [0.1, 0.15) is 0 Å². The highest BCUT2D eigenvalue weighted by molar-refractivity contribution is 9.10. The molecule has 2 heterocycles. The van der Waals surface area contributed by atoms with Gasteiger partial charge in [-0.15, -0.1) is 0 Å². The maximum absolute atomic E-state index is 6.64. The predicted octanol–water partition coefficient (Wildman–Crippen LogP) is 3.32. The molecule has 0 spiro atoms. The van der Waals surface area contributed by atoms with Crippen LogP contribution in [0.3, 0.4) is 0 Å². The summed E-state index contributed by atoms with van der Waals surface area (Å²) in [7, 11) is 0. The largest absolute Gasteiger partial charge is 0.321 e. The molecule has 0 bridgehead atoms. The third kappa shape index (κ3) is 3.10. The molecule has 114 valence electrons. The van der Waals surface area contributed by atoms with Crippen LogP contribution in [-0.2, 0) is 6.54 Å². The van der Waals surface area contributed by atoms with E-state index in [2.05, 4.69) is 46.7 Å². The van der Waals surface area contributed by atoms with E-state index in [1.54, 1.807) is 0 Å². The average Bonchev–Trinajstić information content (AvgIpc) is 2.65. The minimum atomic E-state index is -0.0557. The molecule has 4 nitrogen and oxygen atoms in total. The smallest absolute Gasteiger partial charge is 0.0712 e. The number of likely N-dealkylation sites (tertiary alicyclic amines) is 1. The first-order valence-corrected chi connectivity index (χ1v) is 8.49. The Morgan fingerprint density at radius 2 is 1.90 bits per heavy atom. The molecule has 0 radical (unpaired) electrons. The molecule has 1 aliphatic heterocycles. The third-order valence-electron chi connectivity index (χ3n) is 4.61. The molecule has 1 saturated heterocycles. The van der Waals surface area contributed by atoms with Crippen molar-refractivity contribution in [2.24, 2.45) is 5.73 Å². The minimum Gasteiger partial charge on any atom is -0.321 e. The maximum Gasteiger partial charge on any atom is 0.0712 e. The molecule has 1 unspecified atom stereocenters. The molecule has 1 atom stereocenters. The topological polar surface area (TPSA) is 47.1 Å². The lowest BCUT2D eigenvalue weighted by molar-refractivity contribution is 0.0946. The van der Waals surface area contributed by atoms with Gasteiger partial charge in [-0.1, -0.05) is 12.8 Å². The van der Waals surface area contributed by atoms with Crippen LogP contribution in [0, 0.1) is 0 Å². The van der Waals surface area contributed by atoms with Crippen LogP contribution in [0.15, 0.2) is 10.7 Å². The standard InChI is InChI=1S/C15H27BrN4/c1-4-20-13(12(16)11-18-20)14(17)15(2,3)19-9-7-5-6-8-10-19/h11,14H,4-10,17H2,1-3H3. The SMILES string of the molecule is CCn1ncc(Br)c1C(N)C(C)(C)N1CCCCCC1. The van der Waals surface area contributed by atoms with Crippen molar-refractivity contribution in [1.29, 1.82) is 0 Å². The molecular weight excluding hydrogens is 316 g/mol. The molecule has 1 fully saturated rings. The first-order valence-electron chi connectivity index (χ1n) is 7.70. The van der Waals surface area contributed by atoms with Crippen molar-refractivity contribution in [2.75, 3.05) is 13.1 Å². The molecule has 0 amide bonds. The lowest BCUT2D eigenvalue weighted by atomic mass is 9.90. The number of rotatable bonds is 4. The van der Waals surface area contributed by atoms with Gasteiger partial charge in [0.2, 0.25) is 0 Å². The molecule has 0 saturated carbocycles. The van der Waals surface area contributed by atoms with Gasteiger partial charge < -0.3 is 5.73 Å². The quantitative estimate of drug-likeness (QED) is 0.912. The number of hydrogen-bond acceptors (Lipinski definition) is 3. The first kappa shape index (κ1) is 16.0. The Morgan fingerprint density at radius 3 is 2.45 bits per heavy atom. The Morgan fingerprint density at radius 1 is 1.30 bits per heavy atom. The number of hydrogen-bond donors (Lipinski definition) is 1. The monoisotopic (exact) mass is 342 g/mol. The van der Waals surface area contributed by atoms with E-state index < -0.39 is 0 Å². The van der Waals surface area contributed by atoms with Crippen molar-refractivity contribution in [3.63, 3.8) is 0 Å². The van der Waals surface area contributed by atoms with E-state index in [-0.39, 0.29) is 11.6 Å². The van der Waals surface area contributed by atoms with E-state index in [0.29, 0.717) is 0 Å². The highest BCUT2D eigenvalue weighted by Gasteiger charge is 2.36. The summed E-state index contributed by atoms with van der Waals surface area (Å²) in [5.41, 5.74) is 7.70. The summed E-state index contributed by atoms with van der Waals surface area (Å²) >= 11 is 3.61. The minimum absolute atomic E-state index is 0.0441. The van der Waals surface area contributed by atoms with Gasteiger partial charge in [-0.05, 0) is 62.6 Å². The molecule has 2 N–H and O–H groups in total. The molecule has 2 rings (SSSR count). The van der Waals surface area contributed by atoms with E-state index >= 15 is 0 Å². The fraction of sp³-hybridized carbons (Fsp3) is 0.800. The number of nitrogens with two attached hydrogens (primary N) is 1. The van der Waals surface area contributed by atoms with Crippen molar-refractivity contribution in [3.8, 4) is 0 Å². The van der Waals surface area contributed by atoms with Gasteiger partial charge in [-0.2, -0.15) is 5.10 Å².